The number of pyridine rings is 1. The number of rotatable bonds is 4. The van der Waals surface area contributed by atoms with Crippen molar-refractivity contribution >= 4 is 33.3 Å². The van der Waals surface area contributed by atoms with Gasteiger partial charge in [-0.05, 0) is 59.1 Å². The van der Waals surface area contributed by atoms with Crippen LogP contribution in [0.15, 0.2) is 23.5 Å². The summed E-state index contributed by atoms with van der Waals surface area (Å²) in [5, 5.41) is 3.26. The number of fused-ring (bicyclic) bond motifs is 1. The molecule has 1 saturated heterocycles. The molecule has 2 aliphatic rings. The number of carbonyl (C=O) groups excluding carboxylic acids is 1. The Morgan fingerprint density at radius 1 is 1.17 bits per heavy atom. The van der Waals surface area contributed by atoms with Crippen molar-refractivity contribution in [3.63, 3.8) is 0 Å². The number of aromatic nitrogens is 3. The van der Waals surface area contributed by atoms with Crippen LogP contribution < -0.4 is 15.0 Å². The molecule has 12 heteroatoms. The minimum absolute atomic E-state index is 0.0206. The van der Waals surface area contributed by atoms with E-state index in [0.717, 1.165) is 32.1 Å². The molecule has 1 amide bonds. The van der Waals surface area contributed by atoms with E-state index in [-0.39, 0.29) is 17.2 Å². The molecule has 4 heterocycles. The molecule has 2 aromatic heterocycles. The quantitative estimate of drug-likeness (QED) is 0.644. The lowest BCUT2D eigenvalue weighted by atomic mass is 10.0. The molecule has 1 fully saturated rings. The first-order chi connectivity index (χ1) is 16.9. The lowest BCUT2D eigenvalue weighted by Gasteiger charge is -2.39. The molecule has 0 bridgehead atoms. The lowest BCUT2D eigenvalue weighted by Crippen LogP contribution is -2.48. The fraction of sp³-hybridized carbons (Fsp3) is 0.583. The van der Waals surface area contributed by atoms with Gasteiger partial charge in [0.15, 0.2) is 26.5 Å². The zero-order valence-electron chi connectivity index (χ0n) is 21.4. The van der Waals surface area contributed by atoms with Gasteiger partial charge < -0.3 is 24.6 Å². The number of hydrogen-bond donors (Lipinski definition) is 1. The zero-order valence-corrected chi connectivity index (χ0v) is 22.3. The van der Waals surface area contributed by atoms with E-state index in [1.807, 2.05) is 20.8 Å². The number of piperidine rings is 1. The number of likely N-dealkylation sites (tertiary alicyclic amines) is 1. The summed E-state index contributed by atoms with van der Waals surface area (Å²) >= 11 is 0. The van der Waals surface area contributed by atoms with Crippen LogP contribution in [0.3, 0.4) is 0 Å². The van der Waals surface area contributed by atoms with Gasteiger partial charge in [0.25, 0.3) is 0 Å². The third kappa shape index (κ3) is 5.97. The van der Waals surface area contributed by atoms with Crippen molar-refractivity contribution in [2.75, 3.05) is 42.7 Å². The number of carbonyl (C=O) groups is 1. The van der Waals surface area contributed by atoms with Crippen LogP contribution in [-0.2, 0) is 14.6 Å². The molecule has 0 spiro atoms. The second-order valence-corrected chi connectivity index (χ2v) is 12.1. The number of aryl methyl sites for hydroxylation is 1. The van der Waals surface area contributed by atoms with E-state index in [9.17, 15) is 13.2 Å². The molecule has 2 aliphatic heterocycles. The second-order valence-electron chi connectivity index (χ2n) is 10.1. The second kappa shape index (κ2) is 10.1. The predicted molar refractivity (Wildman–Crippen MR) is 136 cm³/mol. The number of ether oxygens (including phenoxy) is 2. The molecular formula is C24H34N6O5S. The van der Waals surface area contributed by atoms with Gasteiger partial charge in [0, 0.05) is 31.9 Å². The van der Waals surface area contributed by atoms with Crippen LogP contribution in [0.4, 0.5) is 22.1 Å². The van der Waals surface area contributed by atoms with Crippen molar-refractivity contribution in [1.82, 2.24) is 19.9 Å². The van der Waals surface area contributed by atoms with Crippen molar-refractivity contribution in [2.24, 2.45) is 0 Å². The summed E-state index contributed by atoms with van der Waals surface area (Å²) in [7, 11) is -3.40. The monoisotopic (exact) mass is 518 g/mol. The fourth-order valence-corrected chi connectivity index (χ4v) is 4.97. The molecule has 36 heavy (non-hydrogen) atoms. The Morgan fingerprint density at radius 2 is 1.89 bits per heavy atom. The topological polar surface area (TPSA) is 127 Å². The maximum Gasteiger partial charge on any atom is 0.410 e. The minimum Gasteiger partial charge on any atom is -0.486 e. The predicted octanol–water partition coefficient (Wildman–Crippen LogP) is 3.32. The van der Waals surface area contributed by atoms with Gasteiger partial charge in [-0.2, -0.15) is 0 Å². The van der Waals surface area contributed by atoms with Crippen molar-refractivity contribution in [3.8, 4) is 5.75 Å². The minimum atomic E-state index is -3.40. The highest BCUT2D eigenvalue weighted by Gasteiger charge is 2.33. The highest BCUT2D eigenvalue weighted by atomic mass is 32.2. The van der Waals surface area contributed by atoms with Crippen molar-refractivity contribution in [3.05, 3.63) is 24.2 Å². The van der Waals surface area contributed by atoms with Gasteiger partial charge in [-0.15, -0.1) is 0 Å². The Hall–Kier alpha value is -3.15. The van der Waals surface area contributed by atoms with E-state index in [0.29, 0.717) is 48.5 Å². The molecule has 2 aromatic rings. The van der Waals surface area contributed by atoms with Gasteiger partial charge >= 0.3 is 6.09 Å². The summed E-state index contributed by atoms with van der Waals surface area (Å²) < 4.78 is 35.3. The number of anilines is 3. The van der Waals surface area contributed by atoms with Gasteiger partial charge in [0.1, 0.15) is 11.9 Å². The Bertz CT molecular complexity index is 1220. The van der Waals surface area contributed by atoms with Crippen molar-refractivity contribution in [2.45, 2.75) is 63.6 Å². The van der Waals surface area contributed by atoms with Crippen LogP contribution in [0.2, 0.25) is 0 Å². The highest BCUT2D eigenvalue weighted by Crippen LogP contribution is 2.38. The summed E-state index contributed by atoms with van der Waals surface area (Å²) in [5.41, 5.74) is 0.646. The first-order valence-electron chi connectivity index (χ1n) is 12.1. The Balaban J connectivity index is 1.53. The molecule has 4 rings (SSSR count). The van der Waals surface area contributed by atoms with E-state index in [1.165, 1.54) is 12.4 Å². The van der Waals surface area contributed by atoms with E-state index < -0.39 is 15.4 Å². The molecule has 0 saturated carbocycles. The Labute approximate surface area is 212 Å². The number of amides is 1. The van der Waals surface area contributed by atoms with Gasteiger partial charge in [-0.1, -0.05) is 0 Å². The number of hydrogen-bond acceptors (Lipinski definition) is 10. The maximum atomic E-state index is 12.5. The van der Waals surface area contributed by atoms with Gasteiger partial charge in [0.05, 0.1) is 18.0 Å². The average molecular weight is 519 g/mol. The summed E-state index contributed by atoms with van der Waals surface area (Å²) in [6.07, 6.45) is 4.76. The van der Waals surface area contributed by atoms with E-state index in [2.05, 4.69) is 25.2 Å². The van der Waals surface area contributed by atoms with Gasteiger partial charge in [-0.3, -0.25) is 0 Å². The lowest BCUT2D eigenvalue weighted by molar-refractivity contribution is 0.0204. The van der Waals surface area contributed by atoms with Crippen molar-refractivity contribution in [1.29, 1.82) is 0 Å². The van der Waals surface area contributed by atoms with E-state index >= 15 is 0 Å². The molecule has 0 aromatic carbocycles. The molecule has 0 aliphatic carbocycles. The summed E-state index contributed by atoms with van der Waals surface area (Å²) in [6, 6.07) is 3.34. The largest absolute Gasteiger partial charge is 0.486 e. The van der Waals surface area contributed by atoms with Crippen LogP contribution in [0, 0.1) is 6.92 Å². The molecule has 0 radical (unpaired) electrons. The van der Waals surface area contributed by atoms with Crippen LogP contribution in [0.5, 0.6) is 5.75 Å². The normalized spacial score (nSPS) is 17.1. The summed E-state index contributed by atoms with van der Waals surface area (Å²) in [4.78, 5) is 29.7. The first-order valence-corrected chi connectivity index (χ1v) is 14.0. The number of nitrogens with zero attached hydrogens (tertiary/aromatic N) is 5. The van der Waals surface area contributed by atoms with Gasteiger partial charge in [-0.25, -0.2) is 28.2 Å². The Kier molecular flexibility index (Phi) is 7.26. The van der Waals surface area contributed by atoms with Crippen LogP contribution in [-0.4, -0.2) is 78.5 Å². The fourth-order valence-electron chi connectivity index (χ4n) is 4.35. The summed E-state index contributed by atoms with van der Waals surface area (Å²) in [5.74, 6) is 1.75. The summed E-state index contributed by atoms with van der Waals surface area (Å²) in [6.45, 7) is 9.87. The van der Waals surface area contributed by atoms with Gasteiger partial charge in [0.2, 0.25) is 5.75 Å². The first kappa shape index (κ1) is 25.9. The van der Waals surface area contributed by atoms with E-state index in [1.54, 1.807) is 17.9 Å². The maximum absolute atomic E-state index is 12.5. The third-order valence-electron chi connectivity index (χ3n) is 6.10. The third-order valence-corrected chi connectivity index (χ3v) is 7.08. The molecule has 1 N–H and O–H groups in total. The highest BCUT2D eigenvalue weighted by molar-refractivity contribution is 7.90. The molecule has 0 atom stereocenters. The molecule has 0 unspecified atom stereocenters. The van der Waals surface area contributed by atoms with E-state index in [4.69, 9.17) is 9.47 Å². The van der Waals surface area contributed by atoms with Crippen LogP contribution in [0.1, 0.15) is 45.7 Å². The zero-order chi connectivity index (χ0) is 26.1. The average Bonchev–Trinajstić information content (AvgIpc) is 3.02. The molecule has 11 nitrogen and oxygen atoms in total. The molecular weight excluding hydrogens is 484 g/mol. The van der Waals surface area contributed by atoms with Crippen LogP contribution >= 0.6 is 0 Å². The number of sulfone groups is 1. The Morgan fingerprint density at radius 3 is 2.53 bits per heavy atom. The van der Waals surface area contributed by atoms with Crippen LogP contribution in [0.25, 0.3) is 0 Å². The standard InChI is InChI=1S/C24H34N6O5S/c1-16-18(7-8-19(27-16)36(5,32)33)28-21-20-22(26-15-25-21)30(11-6-14-34-20)17-9-12-29(13-10-17)23(31)35-24(2,3)4/h7-8,15,17H,6,9-14H2,1-5H3,(H,25,26,28). The molecule has 196 valence electrons. The van der Waals surface area contributed by atoms with Crippen molar-refractivity contribution < 1.29 is 22.7 Å². The smallest absolute Gasteiger partial charge is 0.410 e. The number of nitrogens with one attached hydrogen (secondary N) is 1. The SMILES string of the molecule is Cc1nc(S(C)(=O)=O)ccc1Nc1ncnc2c1OCCCN2C1CCN(C(=O)OC(C)(C)C)CC1.